The van der Waals surface area contributed by atoms with Crippen molar-refractivity contribution in [2.75, 3.05) is 6.54 Å². The molecule has 0 saturated carbocycles. The molecule has 4 nitrogen and oxygen atoms in total. The number of hydrogen-bond donors (Lipinski definition) is 1. The van der Waals surface area contributed by atoms with Crippen LogP contribution in [0.15, 0.2) is 59.4 Å². The highest BCUT2D eigenvalue weighted by Crippen LogP contribution is 2.11. The number of nitrogens with two attached hydrogens (primary N) is 1. The molecule has 0 bridgehead atoms. The number of fused-ring (bicyclic) bond motifs is 1. The van der Waals surface area contributed by atoms with Crippen molar-refractivity contribution in [1.82, 2.24) is 9.55 Å². The zero-order chi connectivity index (χ0) is 16.1. The van der Waals surface area contributed by atoms with Crippen LogP contribution in [0, 0.1) is 0 Å². The Kier molecular flexibility index (Phi) is 4.64. The first-order valence-corrected chi connectivity index (χ1v) is 7.72. The molecule has 0 spiro atoms. The van der Waals surface area contributed by atoms with E-state index in [2.05, 4.69) is 4.98 Å². The molecule has 3 rings (SSSR count). The van der Waals surface area contributed by atoms with Crippen LogP contribution >= 0.6 is 0 Å². The summed E-state index contributed by atoms with van der Waals surface area (Å²) in [6, 6.07) is 17.4. The molecule has 0 aliphatic rings. The Bertz CT molecular complexity index is 882. The molecule has 0 unspecified atom stereocenters. The van der Waals surface area contributed by atoms with Gasteiger partial charge in [-0.2, -0.15) is 0 Å². The van der Waals surface area contributed by atoms with E-state index in [0.717, 1.165) is 12.0 Å². The third kappa shape index (κ3) is 3.38. The summed E-state index contributed by atoms with van der Waals surface area (Å²) >= 11 is 0. The Morgan fingerprint density at radius 3 is 2.52 bits per heavy atom. The van der Waals surface area contributed by atoms with E-state index in [1.807, 2.05) is 66.7 Å². The maximum Gasteiger partial charge on any atom is 0.261 e. The van der Waals surface area contributed by atoms with Crippen LogP contribution in [0.1, 0.15) is 17.8 Å². The van der Waals surface area contributed by atoms with Gasteiger partial charge in [-0.15, -0.1) is 0 Å². The van der Waals surface area contributed by atoms with Crippen molar-refractivity contribution < 1.29 is 0 Å². The van der Waals surface area contributed by atoms with Crippen molar-refractivity contribution in [1.29, 1.82) is 0 Å². The molecular formula is C19H19N3O. The van der Waals surface area contributed by atoms with E-state index in [0.29, 0.717) is 29.8 Å². The van der Waals surface area contributed by atoms with Gasteiger partial charge in [0, 0.05) is 6.54 Å². The first-order valence-electron chi connectivity index (χ1n) is 7.72. The maximum atomic E-state index is 12.7. The van der Waals surface area contributed by atoms with Gasteiger partial charge in [-0.1, -0.05) is 48.5 Å². The second-order valence-corrected chi connectivity index (χ2v) is 5.33. The first-order chi connectivity index (χ1) is 11.3. The fourth-order valence-electron chi connectivity index (χ4n) is 2.51. The minimum atomic E-state index is -0.0169. The van der Waals surface area contributed by atoms with Gasteiger partial charge in [-0.25, -0.2) is 4.98 Å². The lowest BCUT2D eigenvalue weighted by atomic mass is 10.2. The average molecular weight is 305 g/mol. The number of nitrogens with zero attached hydrogens (tertiary/aromatic N) is 2. The molecule has 0 fully saturated rings. The van der Waals surface area contributed by atoms with Crippen molar-refractivity contribution in [3.8, 4) is 0 Å². The Morgan fingerprint density at radius 2 is 1.74 bits per heavy atom. The SMILES string of the molecule is NCCCn1c(/C=C/c2ccccc2)nc2ccccc2c1=O. The Morgan fingerprint density at radius 1 is 1.00 bits per heavy atom. The van der Waals surface area contributed by atoms with E-state index < -0.39 is 0 Å². The summed E-state index contributed by atoms with van der Waals surface area (Å²) in [6.45, 7) is 1.11. The highest BCUT2D eigenvalue weighted by Gasteiger charge is 2.08. The van der Waals surface area contributed by atoms with Gasteiger partial charge < -0.3 is 5.73 Å². The quantitative estimate of drug-likeness (QED) is 0.788. The monoisotopic (exact) mass is 305 g/mol. The van der Waals surface area contributed by atoms with Gasteiger partial charge in [0.25, 0.3) is 5.56 Å². The van der Waals surface area contributed by atoms with Gasteiger partial charge in [-0.3, -0.25) is 9.36 Å². The molecule has 0 saturated heterocycles. The van der Waals surface area contributed by atoms with Gasteiger partial charge in [0.2, 0.25) is 0 Å². The Balaban J connectivity index is 2.10. The van der Waals surface area contributed by atoms with Crippen molar-refractivity contribution in [3.05, 3.63) is 76.3 Å². The topological polar surface area (TPSA) is 60.9 Å². The van der Waals surface area contributed by atoms with Gasteiger partial charge in [0.05, 0.1) is 10.9 Å². The number of para-hydroxylation sites is 1. The summed E-state index contributed by atoms with van der Waals surface area (Å²) in [5.41, 5.74) is 7.37. The predicted molar refractivity (Wildman–Crippen MR) is 95.0 cm³/mol. The minimum Gasteiger partial charge on any atom is -0.330 e. The molecule has 0 amide bonds. The van der Waals surface area contributed by atoms with Crippen molar-refractivity contribution in [2.45, 2.75) is 13.0 Å². The molecule has 0 aliphatic heterocycles. The summed E-state index contributed by atoms with van der Waals surface area (Å²) in [5.74, 6) is 0.658. The first kappa shape index (κ1) is 15.2. The summed E-state index contributed by atoms with van der Waals surface area (Å²) in [4.78, 5) is 17.4. The molecule has 0 aliphatic carbocycles. The van der Waals surface area contributed by atoms with Crippen LogP contribution in [0.5, 0.6) is 0 Å². The molecule has 0 atom stereocenters. The average Bonchev–Trinajstić information content (AvgIpc) is 2.60. The van der Waals surface area contributed by atoms with E-state index in [1.165, 1.54) is 0 Å². The highest BCUT2D eigenvalue weighted by molar-refractivity contribution is 5.79. The van der Waals surface area contributed by atoms with E-state index in [4.69, 9.17) is 5.73 Å². The number of aromatic nitrogens is 2. The molecule has 4 heteroatoms. The lowest BCUT2D eigenvalue weighted by Crippen LogP contribution is -2.25. The van der Waals surface area contributed by atoms with Crippen LogP contribution in [-0.4, -0.2) is 16.1 Å². The van der Waals surface area contributed by atoms with Gasteiger partial charge >= 0.3 is 0 Å². The van der Waals surface area contributed by atoms with Crippen LogP contribution in [0.25, 0.3) is 23.1 Å². The van der Waals surface area contributed by atoms with Crippen molar-refractivity contribution >= 4 is 23.1 Å². The number of hydrogen-bond acceptors (Lipinski definition) is 3. The van der Waals surface area contributed by atoms with E-state index in [9.17, 15) is 4.79 Å². The van der Waals surface area contributed by atoms with E-state index in [1.54, 1.807) is 4.57 Å². The zero-order valence-electron chi connectivity index (χ0n) is 12.9. The van der Waals surface area contributed by atoms with Crippen LogP contribution in [-0.2, 0) is 6.54 Å². The smallest absolute Gasteiger partial charge is 0.261 e. The normalized spacial score (nSPS) is 11.3. The fraction of sp³-hybridized carbons (Fsp3) is 0.158. The molecule has 1 aromatic heterocycles. The number of rotatable bonds is 5. The largest absolute Gasteiger partial charge is 0.330 e. The molecule has 116 valence electrons. The van der Waals surface area contributed by atoms with Crippen LogP contribution in [0.4, 0.5) is 0 Å². The third-order valence-corrected chi connectivity index (χ3v) is 3.70. The molecule has 2 N–H and O–H groups in total. The van der Waals surface area contributed by atoms with Crippen molar-refractivity contribution in [3.63, 3.8) is 0 Å². The summed E-state index contributed by atoms with van der Waals surface area (Å²) in [6.07, 6.45) is 4.60. The van der Waals surface area contributed by atoms with Crippen LogP contribution in [0.3, 0.4) is 0 Å². The zero-order valence-corrected chi connectivity index (χ0v) is 12.9. The number of benzene rings is 2. The molecule has 3 aromatic rings. The molecule has 0 radical (unpaired) electrons. The van der Waals surface area contributed by atoms with E-state index in [-0.39, 0.29) is 5.56 Å². The van der Waals surface area contributed by atoms with Gasteiger partial charge in [0.15, 0.2) is 0 Å². The van der Waals surface area contributed by atoms with Crippen LogP contribution < -0.4 is 11.3 Å². The standard InChI is InChI=1S/C19H19N3O/c20-13-6-14-22-18(12-11-15-7-2-1-3-8-15)21-17-10-5-4-9-16(17)19(22)23/h1-5,7-12H,6,13-14,20H2/b12-11+. The van der Waals surface area contributed by atoms with Gasteiger partial charge in [-0.05, 0) is 36.7 Å². The maximum absolute atomic E-state index is 12.7. The molecule has 23 heavy (non-hydrogen) atoms. The molecule has 1 heterocycles. The van der Waals surface area contributed by atoms with E-state index >= 15 is 0 Å². The second kappa shape index (κ2) is 7.03. The minimum absolute atomic E-state index is 0.0169. The highest BCUT2D eigenvalue weighted by atomic mass is 16.1. The van der Waals surface area contributed by atoms with Crippen molar-refractivity contribution in [2.24, 2.45) is 5.73 Å². The lowest BCUT2D eigenvalue weighted by Gasteiger charge is -2.10. The Hall–Kier alpha value is -2.72. The summed E-state index contributed by atoms with van der Waals surface area (Å²) in [5, 5.41) is 0.640. The fourth-order valence-corrected chi connectivity index (χ4v) is 2.51. The molecular weight excluding hydrogens is 286 g/mol. The summed E-state index contributed by atoms with van der Waals surface area (Å²) < 4.78 is 1.70. The van der Waals surface area contributed by atoms with Crippen LogP contribution in [0.2, 0.25) is 0 Å². The predicted octanol–water partition coefficient (Wildman–Crippen LogP) is 2.92. The van der Waals surface area contributed by atoms with Gasteiger partial charge in [0.1, 0.15) is 5.82 Å². The third-order valence-electron chi connectivity index (χ3n) is 3.70. The molecule has 2 aromatic carbocycles. The second-order valence-electron chi connectivity index (χ2n) is 5.33. The Labute approximate surface area is 134 Å². The lowest BCUT2D eigenvalue weighted by molar-refractivity contribution is 0.619. The summed E-state index contributed by atoms with van der Waals surface area (Å²) in [7, 11) is 0.